The van der Waals surface area contributed by atoms with Crippen molar-refractivity contribution in [1.82, 2.24) is 10.2 Å². The smallest absolute Gasteiger partial charge is 0.487 e. The van der Waals surface area contributed by atoms with Crippen molar-refractivity contribution in [1.29, 1.82) is 0 Å². The normalized spacial score (nSPS) is 18.0. The van der Waals surface area contributed by atoms with Gasteiger partial charge in [0.2, 0.25) is 0 Å². The summed E-state index contributed by atoms with van der Waals surface area (Å²) in [5.74, 6) is -2.50. The average molecular weight is 607 g/mol. The van der Waals surface area contributed by atoms with E-state index in [4.69, 9.17) is 33.4 Å². The topological polar surface area (TPSA) is 125 Å². The number of carboxylic acids is 2. The number of nitrogens with one attached hydrogen (secondary N) is 1. The van der Waals surface area contributed by atoms with E-state index in [9.17, 15) is 26.3 Å². The first kappa shape index (κ1) is 32.5. The molecule has 0 aliphatic carbocycles. The van der Waals surface area contributed by atoms with E-state index in [1.807, 2.05) is 24.3 Å². The van der Waals surface area contributed by atoms with Gasteiger partial charge in [-0.3, -0.25) is 4.90 Å². The van der Waals surface area contributed by atoms with Crippen molar-refractivity contribution in [2.45, 2.75) is 56.3 Å². The van der Waals surface area contributed by atoms with Gasteiger partial charge in [-0.05, 0) is 43.2 Å². The van der Waals surface area contributed by atoms with Gasteiger partial charge in [-0.25, -0.2) is 9.59 Å². The molecule has 0 saturated carbocycles. The molecule has 4 heterocycles. The molecule has 2 aliphatic rings. The maximum absolute atomic E-state index is 10.6. The van der Waals surface area contributed by atoms with Crippen LogP contribution in [0.2, 0.25) is 0 Å². The van der Waals surface area contributed by atoms with E-state index in [1.165, 1.54) is 5.56 Å². The molecule has 0 amide bonds. The lowest BCUT2D eigenvalue weighted by Crippen LogP contribution is -2.51. The molecule has 1 fully saturated rings. The van der Waals surface area contributed by atoms with Gasteiger partial charge in [0.1, 0.15) is 22.9 Å². The van der Waals surface area contributed by atoms with Crippen LogP contribution in [0.5, 0.6) is 5.75 Å². The van der Waals surface area contributed by atoms with E-state index < -0.39 is 24.3 Å². The number of ether oxygens (including phenoxy) is 1. The summed E-state index contributed by atoms with van der Waals surface area (Å²) in [6.07, 6.45) is -3.65. The predicted molar refractivity (Wildman–Crippen MR) is 133 cm³/mol. The van der Waals surface area contributed by atoms with Crippen molar-refractivity contribution in [2.24, 2.45) is 0 Å². The zero-order valence-corrected chi connectivity index (χ0v) is 22.0. The predicted octanol–water partition coefficient (Wildman–Crippen LogP) is 5.79. The number of fused-ring (bicyclic) bond motifs is 1. The van der Waals surface area contributed by atoms with Crippen molar-refractivity contribution < 1.29 is 59.7 Å². The van der Waals surface area contributed by atoms with Gasteiger partial charge in [-0.2, -0.15) is 26.3 Å². The van der Waals surface area contributed by atoms with Crippen LogP contribution in [0.25, 0.3) is 0 Å². The Morgan fingerprint density at radius 2 is 1.38 bits per heavy atom. The Kier molecular flexibility index (Phi) is 10.7. The molecular formula is C27H28F6N2O7. The monoisotopic (exact) mass is 606 g/mol. The summed E-state index contributed by atoms with van der Waals surface area (Å²) < 4.78 is 81.1. The molecule has 42 heavy (non-hydrogen) atoms. The van der Waals surface area contributed by atoms with Crippen LogP contribution < -0.4 is 10.1 Å². The van der Waals surface area contributed by atoms with Gasteiger partial charge in [-0.15, -0.1) is 0 Å². The molecule has 2 aliphatic heterocycles. The first-order valence-electron chi connectivity index (χ1n) is 12.6. The van der Waals surface area contributed by atoms with Crippen LogP contribution in [0, 0.1) is 0 Å². The summed E-state index contributed by atoms with van der Waals surface area (Å²) in [7, 11) is 0. The molecule has 9 nitrogen and oxygen atoms in total. The molecule has 15 heteroatoms. The molecule has 0 bridgehead atoms. The fourth-order valence-corrected chi connectivity index (χ4v) is 4.49. The lowest BCUT2D eigenvalue weighted by atomic mass is 9.80. The third-order valence-electron chi connectivity index (χ3n) is 6.51. The quantitative estimate of drug-likeness (QED) is 0.310. The highest BCUT2D eigenvalue weighted by molar-refractivity contribution is 5.73. The molecule has 2 aromatic heterocycles. The second kappa shape index (κ2) is 13.8. The zero-order chi connectivity index (χ0) is 31.0. The van der Waals surface area contributed by atoms with Crippen molar-refractivity contribution in [3.8, 4) is 5.75 Å². The first-order chi connectivity index (χ1) is 19.7. The average Bonchev–Trinajstić information content (AvgIpc) is 3.63. The van der Waals surface area contributed by atoms with Crippen molar-refractivity contribution in [2.75, 3.05) is 13.1 Å². The number of piperidine rings is 1. The van der Waals surface area contributed by atoms with E-state index in [2.05, 4.69) is 34.5 Å². The third kappa shape index (κ3) is 9.55. The van der Waals surface area contributed by atoms with Gasteiger partial charge in [0.05, 0.1) is 25.6 Å². The number of likely N-dealkylation sites (tertiary alicyclic amines) is 1. The molecule has 3 aromatic rings. The summed E-state index contributed by atoms with van der Waals surface area (Å²) >= 11 is 0. The number of halogens is 6. The van der Waals surface area contributed by atoms with Gasteiger partial charge < -0.3 is 29.1 Å². The van der Waals surface area contributed by atoms with Gasteiger partial charge in [0.15, 0.2) is 0 Å². The Hall–Kier alpha value is -3.98. The van der Waals surface area contributed by atoms with E-state index in [0.29, 0.717) is 0 Å². The highest BCUT2D eigenvalue weighted by atomic mass is 19.4. The minimum atomic E-state index is -5.08. The fraction of sp³-hybridized carbons (Fsp3) is 0.407. The fourth-order valence-electron chi connectivity index (χ4n) is 4.49. The second-order valence-corrected chi connectivity index (χ2v) is 9.50. The van der Waals surface area contributed by atoms with Gasteiger partial charge >= 0.3 is 24.3 Å². The van der Waals surface area contributed by atoms with Crippen LogP contribution in [0.4, 0.5) is 26.3 Å². The number of rotatable bonds is 5. The Bertz CT molecular complexity index is 1240. The number of alkyl halides is 6. The van der Waals surface area contributed by atoms with Crippen LogP contribution >= 0.6 is 0 Å². The van der Waals surface area contributed by atoms with Crippen LogP contribution in [0.15, 0.2) is 69.9 Å². The molecule has 5 rings (SSSR count). The molecule has 0 radical (unpaired) electrons. The number of para-hydroxylation sites is 1. The molecule has 1 spiro atoms. The van der Waals surface area contributed by atoms with E-state index in [-0.39, 0.29) is 11.6 Å². The molecule has 1 saturated heterocycles. The summed E-state index contributed by atoms with van der Waals surface area (Å²) in [4.78, 5) is 20.2. The van der Waals surface area contributed by atoms with E-state index >= 15 is 0 Å². The SMILES string of the molecule is O=C(O)C(F)(F)F.O=C(O)C(F)(F)F.c1coc(CNC2CC3(CCN(Cc4ccco4)CC3)Oc3ccccc32)c1. The largest absolute Gasteiger partial charge is 0.490 e. The molecule has 3 N–H and O–H groups in total. The standard InChI is InChI=1S/C23H26N2O3.2C2HF3O2/c1-2-8-22-20(7-1)21(24-16-18-5-3-13-26-18)15-23(28-22)9-11-25(12-10-23)17-19-6-4-14-27-19;2*3-2(4,5)1(6)7/h1-8,13-14,21,24H,9-12,15-17H2;2*(H,6,7). The highest BCUT2D eigenvalue weighted by Crippen LogP contribution is 2.44. The van der Waals surface area contributed by atoms with Gasteiger partial charge in [0.25, 0.3) is 0 Å². The van der Waals surface area contributed by atoms with Gasteiger partial charge in [-0.1, -0.05) is 18.2 Å². The number of hydrogen-bond donors (Lipinski definition) is 3. The molecule has 1 unspecified atom stereocenters. The van der Waals surface area contributed by atoms with Crippen LogP contribution in [-0.2, 0) is 22.7 Å². The third-order valence-corrected chi connectivity index (χ3v) is 6.51. The second-order valence-electron chi connectivity index (χ2n) is 9.50. The number of carbonyl (C=O) groups is 2. The Labute approximate surface area is 235 Å². The first-order valence-corrected chi connectivity index (χ1v) is 12.6. The summed E-state index contributed by atoms with van der Waals surface area (Å²) in [6.45, 7) is 3.65. The van der Waals surface area contributed by atoms with Crippen molar-refractivity contribution in [3.63, 3.8) is 0 Å². The minimum absolute atomic E-state index is 0.102. The van der Waals surface area contributed by atoms with E-state index in [0.717, 1.165) is 62.7 Å². The number of furan rings is 2. The van der Waals surface area contributed by atoms with Crippen molar-refractivity contribution >= 4 is 11.9 Å². The molecular weight excluding hydrogens is 578 g/mol. The zero-order valence-electron chi connectivity index (χ0n) is 22.0. The molecule has 230 valence electrons. The van der Waals surface area contributed by atoms with Crippen LogP contribution in [0.1, 0.15) is 42.4 Å². The molecule has 1 atom stereocenters. The maximum Gasteiger partial charge on any atom is 0.490 e. The number of hydrogen-bond acceptors (Lipinski definition) is 7. The number of benzene rings is 1. The van der Waals surface area contributed by atoms with E-state index in [1.54, 1.807) is 12.5 Å². The van der Waals surface area contributed by atoms with Crippen molar-refractivity contribution in [3.05, 3.63) is 78.1 Å². The number of carboxylic acid groups (broad SMARTS) is 2. The summed E-state index contributed by atoms with van der Waals surface area (Å²) in [5.41, 5.74) is 1.15. The van der Waals surface area contributed by atoms with Crippen LogP contribution in [0.3, 0.4) is 0 Å². The lowest BCUT2D eigenvalue weighted by molar-refractivity contribution is -0.193. The number of nitrogens with zero attached hydrogens (tertiary/aromatic N) is 1. The number of aliphatic carboxylic acids is 2. The maximum atomic E-state index is 10.6. The lowest BCUT2D eigenvalue weighted by Gasteiger charge is -2.47. The van der Waals surface area contributed by atoms with Crippen LogP contribution in [-0.4, -0.2) is 58.1 Å². The Balaban J connectivity index is 0.000000289. The Morgan fingerprint density at radius 3 is 1.88 bits per heavy atom. The Morgan fingerprint density at radius 1 is 0.857 bits per heavy atom. The van der Waals surface area contributed by atoms with Gasteiger partial charge in [0, 0.05) is 31.1 Å². The summed E-state index contributed by atoms with van der Waals surface area (Å²) in [6, 6.07) is 16.7. The summed E-state index contributed by atoms with van der Waals surface area (Å²) in [5, 5.41) is 17.9. The molecule has 1 aromatic carbocycles. The highest BCUT2D eigenvalue weighted by Gasteiger charge is 2.43. The minimum Gasteiger partial charge on any atom is -0.487 e.